The maximum atomic E-state index is 4.60. The van der Waals surface area contributed by atoms with Gasteiger partial charge in [0.1, 0.15) is 0 Å². The summed E-state index contributed by atoms with van der Waals surface area (Å²) < 4.78 is 4.40. The molecule has 104 valence electrons. The Hall–Kier alpha value is -0.170. The van der Waals surface area contributed by atoms with Crippen molar-refractivity contribution in [2.24, 2.45) is 0 Å². The fourth-order valence-electron chi connectivity index (χ4n) is 1.94. The van der Waals surface area contributed by atoms with Crippen LogP contribution in [0, 0.1) is 0 Å². The topological polar surface area (TPSA) is 29.9 Å². The summed E-state index contributed by atoms with van der Waals surface area (Å²) in [6.07, 6.45) is 0.957. The summed E-state index contributed by atoms with van der Waals surface area (Å²) in [7, 11) is 0. The van der Waals surface area contributed by atoms with Gasteiger partial charge in [0.05, 0.1) is 19.6 Å². The van der Waals surface area contributed by atoms with Crippen molar-refractivity contribution in [3.8, 4) is 0 Å². The number of nitrogens with one attached hydrogen (secondary N) is 1. The maximum absolute atomic E-state index is 4.60. The highest BCUT2D eigenvalue weighted by atomic mass is 79.9. The third-order valence-electron chi connectivity index (χ3n) is 2.91. The number of thiophene rings is 1. The lowest BCUT2D eigenvalue weighted by Crippen LogP contribution is -2.16. The summed E-state index contributed by atoms with van der Waals surface area (Å²) in [5, 5.41) is 8.08. The molecule has 0 amide bonds. The highest BCUT2D eigenvalue weighted by Gasteiger charge is 2.13. The molecule has 19 heavy (non-hydrogen) atoms. The van der Waals surface area contributed by atoms with Gasteiger partial charge in [0, 0.05) is 24.5 Å². The van der Waals surface area contributed by atoms with E-state index in [1.165, 1.54) is 14.4 Å². The molecule has 0 unspecified atom stereocenters. The van der Waals surface area contributed by atoms with Crippen molar-refractivity contribution in [2.75, 3.05) is 0 Å². The normalized spacial score (nSPS) is 11.2. The Bertz CT molecular complexity index is 548. The number of aromatic nitrogens is 2. The molecule has 0 bridgehead atoms. The van der Waals surface area contributed by atoms with Gasteiger partial charge in [-0.15, -0.1) is 11.3 Å². The van der Waals surface area contributed by atoms with Gasteiger partial charge in [-0.3, -0.25) is 4.68 Å². The summed E-state index contributed by atoms with van der Waals surface area (Å²) in [5.41, 5.74) is 2.37. The molecule has 0 atom stereocenters. The maximum Gasteiger partial charge on any atom is 0.0767 e. The van der Waals surface area contributed by atoms with E-state index in [0.29, 0.717) is 0 Å². The molecule has 2 rings (SSSR count). The second-order valence-corrected chi connectivity index (χ2v) is 7.53. The molecule has 2 aromatic rings. The summed E-state index contributed by atoms with van der Waals surface area (Å²) in [4.78, 5) is 1.33. The summed E-state index contributed by atoms with van der Waals surface area (Å²) >= 11 is 8.92. The Labute approximate surface area is 134 Å². The zero-order chi connectivity index (χ0) is 13.8. The highest BCUT2D eigenvalue weighted by molar-refractivity contribution is 9.11. The molecule has 0 saturated heterocycles. The van der Waals surface area contributed by atoms with Crippen molar-refractivity contribution in [3.63, 3.8) is 0 Å². The molecule has 0 aliphatic heterocycles. The largest absolute Gasteiger partial charge is 0.306 e. The second-order valence-electron chi connectivity index (χ2n) is 4.19. The molecule has 0 aliphatic rings. The first-order valence-corrected chi connectivity index (χ1v) is 8.74. The number of hydrogen-bond donors (Lipinski definition) is 1. The fourth-order valence-corrected chi connectivity index (χ4v) is 4.09. The predicted octanol–water partition coefficient (Wildman–Crippen LogP) is 4.34. The van der Waals surface area contributed by atoms with E-state index in [0.717, 1.165) is 36.2 Å². The Kier molecular flexibility index (Phi) is 5.62. The third kappa shape index (κ3) is 3.68. The fraction of sp³-hybridized carbons (Fsp3) is 0.462. The molecule has 1 N–H and O–H groups in total. The number of aryl methyl sites for hydroxylation is 2. The third-order valence-corrected chi connectivity index (χ3v) is 5.45. The van der Waals surface area contributed by atoms with Crippen LogP contribution in [0.25, 0.3) is 0 Å². The predicted molar refractivity (Wildman–Crippen MR) is 87.5 cm³/mol. The SMILES string of the molecule is CCc1nn(CC)c(CNCc2ccc(Br)s2)c1Br. The molecule has 0 radical (unpaired) electrons. The molecule has 0 fully saturated rings. The van der Waals surface area contributed by atoms with Crippen LogP contribution in [0.1, 0.15) is 30.1 Å². The van der Waals surface area contributed by atoms with Crippen molar-refractivity contribution >= 4 is 43.2 Å². The highest BCUT2D eigenvalue weighted by Crippen LogP contribution is 2.24. The molecule has 0 aromatic carbocycles. The number of rotatable bonds is 6. The van der Waals surface area contributed by atoms with Crippen molar-refractivity contribution in [1.82, 2.24) is 15.1 Å². The van der Waals surface area contributed by atoms with Crippen LogP contribution >= 0.6 is 43.2 Å². The van der Waals surface area contributed by atoms with Gasteiger partial charge in [-0.25, -0.2) is 0 Å². The molecule has 0 saturated carbocycles. The number of nitrogens with zero attached hydrogens (tertiary/aromatic N) is 2. The molecule has 6 heteroatoms. The average molecular weight is 407 g/mol. The van der Waals surface area contributed by atoms with Crippen molar-refractivity contribution in [2.45, 2.75) is 39.9 Å². The zero-order valence-electron chi connectivity index (χ0n) is 11.0. The van der Waals surface area contributed by atoms with E-state index in [1.54, 1.807) is 11.3 Å². The monoisotopic (exact) mass is 405 g/mol. The standard InChI is InChI=1S/C13H17Br2N3S/c1-3-10-13(15)11(18(4-2)17-10)8-16-7-9-5-6-12(14)19-9/h5-6,16H,3-4,7-8H2,1-2H3. The van der Waals surface area contributed by atoms with E-state index >= 15 is 0 Å². The number of hydrogen-bond acceptors (Lipinski definition) is 3. The van der Waals surface area contributed by atoms with Gasteiger partial charge in [-0.1, -0.05) is 6.92 Å². The summed E-state index contributed by atoms with van der Waals surface area (Å²) in [5.74, 6) is 0. The lowest BCUT2D eigenvalue weighted by Gasteiger charge is -2.06. The van der Waals surface area contributed by atoms with E-state index in [1.807, 2.05) is 0 Å². The molecular weight excluding hydrogens is 390 g/mol. The second kappa shape index (κ2) is 7.02. The van der Waals surface area contributed by atoms with Crippen LogP contribution < -0.4 is 5.32 Å². The Morgan fingerprint density at radius 1 is 1.26 bits per heavy atom. The molecule has 0 aliphatic carbocycles. The van der Waals surface area contributed by atoms with Crippen molar-refractivity contribution in [1.29, 1.82) is 0 Å². The average Bonchev–Trinajstić information content (AvgIpc) is 2.94. The van der Waals surface area contributed by atoms with Gasteiger partial charge in [-0.2, -0.15) is 5.10 Å². The molecule has 2 aromatic heterocycles. The van der Waals surface area contributed by atoms with E-state index in [9.17, 15) is 0 Å². The lowest BCUT2D eigenvalue weighted by molar-refractivity contribution is 0.578. The molecule has 0 spiro atoms. The summed E-state index contributed by atoms with van der Waals surface area (Å²) in [6, 6.07) is 4.23. The van der Waals surface area contributed by atoms with E-state index < -0.39 is 0 Å². The molecule has 3 nitrogen and oxygen atoms in total. The van der Waals surface area contributed by atoms with E-state index in [-0.39, 0.29) is 0 Å². The lowest BCUT2D eigenvalue weighted by atomic mass is 10.3. The van der Waals surface area contributed by atoms with Crippen LogP contribution in [0.5, 0.6) is 0 Å². The van der Waals surface area contributed by atoms with Crippen LogP contribution in [-0.2, 0) is 26.1 Å². The van der Waals surface area contributed by atoms with Crippen LogP contribution in [0.2, 0.25) is 0 Å². The molecule has 2 heterocycles. The first-order chi connectivity index (χ1) is 9.15. The van der Waals surface area contributed by atoms with Gasteiger partial charge in [0.25, 0.3) is 0 Å². The van der Waals surface area contributed by atoms with Gasteiger partial charge < -0.3 is 5.32 Å². The van der Waals surface area contributed by atoms with E-state index in [2.05, 4.69) is 72.9 Å². The number of halogens is 2. The van der Waals surface area contributed by atoms with Gasteiger partial charge in [-0.05, 0) is 57.3 Å². The smallest absolute Gasteiger partial charge is 0.0767 e. The van der Waals surface area contributed by atoms with Gasteiger partial charge >= 0.3 is 0 Å². The Balaban J connectivity index is 2.00. The first-order valence-electron chi connectivity index (χ1n) is 6.34. The van der Waals surface area contributed by atoms with Crippen LogP contribution in [0.15, 0.2) is 20.4 Å². The van der Waals surface area contributed by atoms with Crippen LogP contribution in [0.4, 0.5) is 0 Å². The Morgan fingerprint density at radius 2 is 2.05 bits per heavy atom. The Morgan fingerprint density at radius 3 is 2.63 bits per heavy atom. The van der Waals surface area contributed by atoms with Crippen molar-refractivity contribution in [3.05, 3.63) is 36.7 Å². The quantitative estimate of drug-likeness (QED) is 0.772. The minimum absolute atomic E-state index is 0.830. The van der Waals surface area contributed by atoms with E-state index in [4.69, 9.17) is 0 Å². The van der Waals surface area contributed by atoms with Gasteiger partial charge in [0.2, 0.25) is 0 Å². The zero-order valence-corrected chi connectivity index (χ0v) is 15.0. The van der Waals surface area contributed by atoms with Crippen molar-refractivity contribution < 1.29 is 0 Å². The van der Waals surface area contributed by atoms with Crippen LogP contribution in [-0.4, -0.2) is 9.78 Å². The minimum atomic E-state index is 0.830. The van der Waals surface area contributed by atoms with Gasteiger partial charge in [0.15, 0.2) is 0 Å². The molecular formula is C13H17Br2N3S. The first kappa shape index (κ1) is 15.2. The van der Waals surface area contributed by atoms with Crippen LogP contribution in [0.3, 0.4) is 0 Å². The summed E-state index contributed by atoms with van der Waals surface area (Å²) in [6.45, 7) is 6.88. The minimum Gasteiger partial charge on any atom is -0.306 e.